The second-order valence-corrected chi connectivity index (χ2v) is 4.42. The van der Waals surface area contributed by atoms with Gasteiger partial charge >= 0.3 is 0 Å². The van der Waals surface area contributed by atoms with E-state index in [-0.39, 0.29) is 24.9 Å². The Morgan fingerprint density at radius 3 is 2.80 bits per heavy atom. The van der Waals surface area contributed by atoms with Gasteiger partial charge in [0.25, 0.3) is 0 Å². The number of ether oxygens (including phenoxy) is 2. The van der Waals surface area contributed by atoms with Gasteiger partial charge in [-0.3, -0.25) is 0 Å². The lowest BCUT2D eigenvalue weighted by Gasteiger charge is -2.31. The summed E-state index contributed by atoms with van der Waals surface area (Å²) < 4.78 is 11.5. The highest BCUT2D eigenvalue weighted by atomic mass is 16.6. The summed E-state index contributed by atoms with van der Waals surface area (Å²) in [6.45, 7) is 0.880. The van der Waals surface area contributed by atoms with E-state index in [0.29, 0.717) is 12.8 Å². The summed E-state index contributed by atoms with van der Waals surface area (Å²) in [5, 5.41) is 18.7. The Labute approximate surface area is 90.2 Å². The van der Waals surface area contributed by atoms with E-state index in [0.717, 1.165) is 25.9 Å². The molecule has 0 saturated carbocycles. The molecule has 88 valence electrons. The zero-order valence-corrected chi connectivity index (χ0v) is 8.97. The molecule has 0 radical (unpaired) electrons. The van der Waals surface area contributed by atoms with Crippen molar-refractivity contribution < 1.29 is 19.7 Å². The van der Waals surface area contributed by atoms with Gasteiger partial charge in [0.15, 0.2) is 0 Å². The summed E-state index contributed by atoms with van der Waals surface area (Å²) >= 11 is 0. The summed E-state index contributed by atoms with van der Waals surface area (Å²) in [7, 11) is 0. The molecule has 0 aromatic heterocycles. The summed E-state index contributed by atoms with van der Waals surface area (Å²) in [5.74, 6) is 0. The molecule has 4 atom stereocenters. The van der Waals surface area contributed by atoms with Gasteiger partial charge in [0.1, 0.15) is 0 Å². The average molecular weight is 216 g/mol. The van der Waals surface area contributed by atoms with Crippen LogP contribution in [0.15, 0.2) is 0 Å². The van der Waals surface area contributed by atoms with Crippen LogP contribution in [0.25, 0.3) is 0 Å². The van der Waals surface area contributed by atoms with Crippen LogP contribution in [-0.4, -0.2) is 47.8 Å². The largest absolute Gasteiger partial charge is 0.396 e. The van der Waals surface area contributed by atoms with Crippen molar-refractivity contribution >= 4 is 0 Å². The third-order valence-electron chi connectivity index (χ3n) is 3.32. The minimum atomic E-state index is -0.452. The van der Waals surface area contributed by atoms with E-state index in [4.69, 9.17) is 14.6 Å². The molecule has 2 heterocycles. The predicted octanol–water partition coefficient (Wildman–Crippen LogP) is 0.456. The van der Waals surface area contributed by atoms with Gasteiger partial charge in [0, 0.05) is 13.2 Å². The van der Waals surface area contributed by atoms with Gasteiger partial charge in [-0.2, -0.15) is 0 Å². The van der Waals surface area contributed by atoms with Crippen molar-refractivity contribution in [3.8, 4) is 0 Å². The number of fused-ring (bicyclic) bond motifs is 1. The highest BCUT2D eigenvalue weighted by Crippen LogP contribution is 2.28. The fourth-order valence-corrected chi connectivity index (χ4v) is 2.46. The van der Waals surface area contributed by atoms with Crippen LogP contribution in [0.4, 0.5) is 0 Å². The number of rotatable bonds is 2. The van der Waals surface area contributed by atoms with E-state index in [1.165, 1.54) is 0 Å². The highest BCUT2D eigenvalue weighted by molar-refractivity contribution is 4.84. The van der Waals surface area contributed by atoms with E-state index < -0.39 is 6.10 Å². The van der Waals surface area contributed by atoms with Crippen molar-refractivity contribution in [2.45, 2.75) is 56.5 Å². The summed E-state index contributed by atoms with van der Waals surface area (Å²) in [5.41, 5.74) is 0. The van der Waals surface area contributed by atoms with Gasteiger partial charge in [-0.1, -0.05) is 0 Å². The molecule has 2 rings (SSSR count). The first-order valence-electron chi connectivity index (χ1n) is 5.87. The third-order valence-corrected chi connectivity index (χ3v) is 3.32. The molecular weight excluding hydrogens is 196 g/mol. The zero-order chi connectivity index (χ0) is 10.7. The summed E-state index contributed by atoms with van der Waals surface area (Å²) in [6, 6.07) is 0. The Bertz CT molecular complexity index is 195. The van der Waals surface area contributed by atoms with Crippen LogP contribution in [-0.2, 0) is 9.47 Å². The zero-order valence-electron chi connectivity index (χ0n) is 8.97. The van der Waals surface area contributed by atoms with Crippen molar-refractivity contribution in [3.63, 3.8) is 0 Å². The summed E-state index contributed by atoms with van der Waals surface area (Å²) in [4.78, 5) is 0. The van der Waals surface area contributed by atoms with Crippen LogP contribution >= 0.6 is 0 Å². The van der Waals surface area contributed by atoms with Gasteiger partial charge < -0.3 is 19.7 Å². The minimum Gasteiger partial charge on any atom is -0.396 e. The molecule has 4 heteroatoms. The number of aliphatic hydroxyl groups excluding tert-OH is 2. The van der Waals surface area contributed by atoms with Crippen molar-refractivity contribution in [2.75, 3.05) is 13.2 Å². The topological polar surface area (TPSA) is 58.9 Å². The van der Waals surface area contributed by atoms with Crippen LogP contribution in [0, 0.1) is 0 Å². The van der Waals surface area contributed by atoms with E-state index in [2.05, 4.69) is 0 Å². The maximum Gasteiger partial charge on any atom is 0.0860 e. The molecule has 2 N–H and O–H groups in total. The van der Waals surface area contributed by atoms with E-state index >= 15 is 0 Å². The van der Waals surface area contributed by atoms with E-state index in [1.807, 2.05) is 0 Å². The Morgan fingerprint density at radius 2 is 2.00 bits per heavy atom. The summed E-state index contributed by atoms with van der Waals surface area (Å²) in [6.07, 6.45) is 3.74. The first-order chi connectivity index (χ1) is 7.31. The van der Waals surface area contributed by atoms with Crippen molar-refractivity contribution in [1.29, 1.82) is 0 Å². The second-order valence-electron chi connectivity index (χ2n) is 4.42. The van der Waals surface area contributed by atoms with Crippen LogP contribution in [0.1, 0.15) is 32.1 Å². The number of hydrogen-bond donors (Lipinski definition) is 2. The van der Waals surface area contributed by atoms with Crippen molar-refractivity contribution in [3.05, 3.63) is 0 Å². The number of aliphatic hydroxyl groups is 2. The molecule has 2 aliphatic heterocycles. The SMILES string of the molecule is OCC[C@H]1O[C@@H]2CCCO[C@@H]2CC[C@H]1O. The molecule has 0 aromatic rings. The molecule has 0 spiro atoms. The predicted molar refractivity (Wildman–Crippen MR) is 54.6 cm³/mol. The quantitative estimate of drug-likeness (QED) is 0.704. The Balaban J connectivity index is 1.97. The van der Waals surface area contributed by atoms with Crippen molar-refractivity contribution in [1.82, 2.24) is 0 Å². The molecule has 2 aliphatic rings. The maximum absolute atomic E-state index is 9.84. The maximum atomic E-state index is 9.84. The molecule has 0 aromatic carbocycles. The monoisotopic (exact) mass is 216 g/mol. The molecular formula is C11H20O4. The Hall–Kier alpha value is -0.160. The molecule has 2 saturated heterocycles. The third kappa shape index (κ3) is 2.69. The molecule has 15 heavy (non-hydrogen) atoms. The first-order valence-corrected chi connectivity index (χ1v) is 5.87. The lowest BCUT2D eigenvalue weighted by molar-refractivity contribution is -0.137. The molecule has 0 aliphatic carbocycles. The normalized spacial score (nSPS) is 42.0. The van der Waals surface area contributed by atoms with E-state index in [9.17, 15) is 5.11 Å². The molecule has 4 nitrogen and oxygen atoms in total. The van der Waals surface area contributed by atoms with Crippen LogP contribution in [0.3, 0.4) is 0 Å². The molecule has 0 bridgehead atoms. The number of hydrogen-bond acceptors (Lipinski definition) is 4. The minimum absolute atomic E-state index is 0.0694. The van der Waals surface area contributed by atoms with Crippen molar-refractivity contribution in [2.24, 2.45) is 0 Å². The van der Waals surface area contributed by atoms with Gasteiger partial charge in [-0.15, -0.1) is 0 Å². The molecule has 0 unspecified atom stereocenters. The lowest BCUT2D eigenvalue weighted by atomic mass is 10.0. The Morgan fingerprint density at radius 1 is 1.13 bits per heavy atom. The average Bonchev–Trinajstić information content (AvgIpc) is 2.41. The van der Waals surface area contributed by atoms with Gasteiger partial charge in [-0.05, 0) is 32.1 Å². The Kier molecular flexibility index (Phi) is 3.97. The second kappa shape index (κ2) is 5.25. The van der Waals surface area contributed by atoms with Gasteiger partial charge in [0.05, 0.1) is 24.4 Å². The van der Waals surface area contributed by atoms with E-state index in [1.54, 1.807) is 0 Å². The lowest BCUT2D eigenvalue weighted by Crippen LogP contribution is -2.38. The van der Waals surface area contributed by atoms with Crippen LogP contribution < -0.4 is 0 Å². The fraction of sp³-hybridized carbons (Fsp3) is 1.00. The van der Waals surface area contributed by atoms with Gasteiger partial charge in [-0.25, -0.2) is 0 Å². The molecule has 0 amide bonds. The van der Waals surface area contributed by atoms with Gasteiger partial charge in [0.2, 0.25) is 0 Å². The highest BCUT2D eigenvalue weighted by Gasteiger charge is 2.35. The molecule has 2 fully saturated rings. The standard InChI is InChI=1S/C11H20O4/c12-6-5-9-8(13)3-4-10-11(15-9)2-1-7-14-10/h8-13H,1-7H2/t8-,9-,10-,11-/m1/s1. The van der Waals surface area contributed by atoms with Crippen LogP contribution in [0.5, 0.6) is 0 Å². The smallest absolute Gasteiger partial charge is 0.0860 e. The van der Waals surface area contributed by atoms with Crippen LogP contribution in [0.2, 0.25) is 0 Å². The fourth-order valence-electron chi connectivity index (χ4n) is 2.46. The first kappa shape index (κ1) is 11.3.